The van der Waals surface area contributed by atoms with E-state index in [4.69, 9.17) is 0 Å². The van der Waals surface area contributed by atoms with Gasteiger partial charge in [0.25, 0.3) is 0 Å². The summed E-state index contributed by atoms with van der Waals surface area (Å²) in [5, 5.41) is 1.52. The SMILES string of the molecule is Cl.Cl.Cn1c2c(c3[c]([Zr]([CH3])([CH3])(=[SiH2])[c]4cccc5c4Cc4ccccc4-5)cccc31)-c1ccccc1C2. The van der Waals surface area contributed by atoms with Crippen LogP contribution in [-0.4, -0.2) is 11.4 Å². The Morgan fingerprint density at radius 2 is 1.25 bits per heavy atom. The maximum atomic E-state index is 2.66. The predicted octanol–water partition coefficient (Wildman–Crippen LogP) is 6.45. The molecule has 0 saturated carbocycles. The van der Waals surface area contributed by atoms with Crippen molar-refractivity contribution in [2.75, 3.05) is 0 Å². The number of aromatic nitrogens is 1. The zero-order valence-electron chi connectivity index (χ0n) is 21.0. The van der Waals surface area contributed by atoms with Gasteiger partial charge in [0, 0.05) is 0 Å². The van der Waals surface area contributed by atoms with Crippen LogP contribution >= 0.6 is 24.8 Å². The summed E-state index contributed by atoms with van der Waals surface area (Å²) >= 11 is -3.60. The summed E-state index contributed by atoms with van der Waals surface area (Å²) in [6.45, 7) is 2.36. The third kappa shape index (κ3) is 3.36. The summed E-state index contributed by atoms with van der Waals surface area (Å²) in [4.78, 5) is 0. The molecule has 182 valence electrons. The molecule has 0 fully saturated rings. The van der Waals surface area contributed by atoms with Gasteiger partial charge in [0.15, 0.2) is 0 Å². The van der Waals surface area contributed by atoms with Crippen LogP contribution < -0.4 is 6.54 Å². The van der Waals surface area contributed by atoms with Crippen LogP contribution in [0.3, 0.4) is 0 Å². The average Bonchev–Trinajstić information content (AvgIpc) is 3.48. The first-order valence-electron chi connectivity index (χ1n) is 12.3. The number of halogens is 2. The van der Waals surface area contributed by atoms with Gasteiger partial charge >= 0.3 is 205 Å². The molecule has 1 heterocycles. The molecule has 2 aliphatic rings. The van der Waals surface area contributed by atoms with Crippen LogP contribution in [-0.2, 0) is 37.3 Å². The van der Waals surface area contributed by atoms with Gasteiger partial charge in [0.1, 0.15) is 0 Å². The molecule has 0 radical (unpaired) electrons. The second-order valence-electron chi connectivity index (χ2n) is 11.3. The molecular weight excluding hydrogens is 577 g/mol. The van der Waals surface area contributed by atoms with Crippen molar-refractivity contribution in [1.82, 2.24) is 4.57 Å². The molecule has 0 spiro atoms. The van der Waals surface area contributed by atoms with E-state index in [-0.39, 0.29) is 24.8 Å². The fourth-order valence-electron chi connectivity index (χ4n) is 6.86. The monoisotopic (exact) mass is 605 g/mol. The first-order valence-corrected chi connectivity index (χ1v) is 25.6. The van der Waals surface area contributed by atoms with E-state index in [1.807, 2.05) is 0 Å². The molecule has 0 saturated heterocycles. The Morgan fingerprint density at radius 1 is 0.667 bits per heavy atom. The van der Waals surface area contributed by atoms with Crippen LogP contribution in [0.4, 0.5) is 0 Å². The summed E-state index contributed by atoms with van der Waals surface area (Å²) in [5.74, 6) is 0. The minimum atomic E-state index is -3.60. The fourth-order valence-corrected chi connectivity index (χ4v) is 19.9. The first kappa shape index (κ1) is 25.7. The molecule has 5 aromatic rings. The molecule has 1 aromatic heterocycles. The van der Waals surface area contributed by atoms with E-state index in [1.165, 1.54) is 50.0 Å². The summed E-state index contributed by atoms with van der Waals surface area (Å²) in [7, 11) is 2.26. The maximum absolute atomic E-state index is 3.60. The van der Waals surface area contributed by atoms with E-state index < -0.39 is 17.4 Å². The Labute approximate surface area is 228 Å². The van der Waals surface area contributed by atoms with Crippen LogP contribution in [0.15, 0.2) is 84.9 Å². The van der Waals surface area contributed by atoms with Crippen molar-refractivity contribution in [2.24, 2.45) is 7.05 Å². The second-order valence-corrected chi connectivity index (χ2v) is 39.7. The van der Waals surface area contributed by atoms with Crippen LogP contribution in [0.5, 0.6) is 0 Å². The molecule has 7 rings (SSSR count). The van der Waals surface area contributed by atoms with E-state index >= 15 is 0 Å². The number of hydrogen-bond donors (Lipinski definition) is 0. The van der Waals surface area contributed by atoms with Gasteiger partial charge < -0.3 is 0 Å². The summed E-state index contributed by atoms with van der Waals surface area (Å²) in [5.41, 5.74) is 13.2. The van der Waals surface area contributed by atoms with Crippen molar-refractivity contribution < 1.29 is 17.4 Å². The van der Waals surface area contributed by atoms with Gasteiger partial charge in [-0.2, -0.15) is 0 Å². The molecule has 0 aliphatic heterocycles. The topological polar surface area (TPSA) is 4.93 Å². The van der Waals surface area contributed by atoms with E-state index in [0.29, 0.717) is 0 Å². The van der Waals surface area contributed by atoms with Gasteiger partial charge in [0.2, 0.25) is 0 Å². The molecular formula is C31H31Cl2NSiZr. The zero-order valence-corrected chi connectivity index (χ0v) is 26.5. The first-order chi connectivity index (χ1) is 16.3. The molecule has 2 aliphatic carbocycles. The quantitative estimate of drug-likeness (QED) is 0.199. The van der Waals surface area contributed by atoms with Gasteiger partial charge in [-0.3, -0.25) is 0 Å². The Kier molecular flexibility index (Phi) is 6.12. The van der Waals surface area contributed by atoms with Gasteiger partial charge in [0.05, 0.1) is 0 Å². The van der Waals surface area contributed by atoms with E-state index in [1.54, 1.807) is 12.1 Å². The Hall–Kier alpha value is -1.90. The zero-order chi connectivity index (χ0) is 23.3. The molecule has 5 heteroatoms. The third-order valence-electron chi connectivity index (χ3n) is 8.57. The molecule has 1 nitrogen and oxygen atoms in total. The third-order valence-corrected chi connectivity index (χ3v) is 23.7. The van der Waals surface area contributed by atoms with E-state index in [9.17, 15) is 0 Å². The fraction of sp³-hybridized carbons (Fsp3) is 0.161. The summed E-state index contributed by atoms with van der Waals surface area (Å²) < 4.78 is 11.1. The van der Waals surface area contributed by atoms with Gasteiger partial charge in [-0.05, 0) is 0 Å². The Balaban J connectivity index is 0.00000133. The molecule has 0 atom stereocenters. The van der Waals surface area contributed by atoms with Crippen LogP contribution in [0.2, 0.25) is 9.26 Å². The molecule has 4 aromatic carbocycles. The standard InChI is InChI=1S/C16H12N.C13H9.2CH3.2ClH.H2Si.Zr/c1-17-14-9-5-4-8-13(14)16-12-7-3-2-6-11(12)10-15(16)17;1-3-7-12-10(5-1)9-11-6-2-4-8-13(11)12;;;;;;/h2-7,9H,10H2,1H3;1-5,7-8H,9H2;2*1H3;2*1H;1H2;. The predicted molar refractivity (Wildman–Crippen MR) is 160 cm³/mol. The molecule has 0 amide bonds. The van der Waals surface area contributed by atoms with E-state index in [2.05, 4.69) is 113 Å². The normalized spacial score (nSPS) is 13.3. The minimum absolute atomic E-state index is 0. The van der Waals surface area contributed by atoms with Crippen LogP contribution in [0.25, 0.3) is 33.2 Å². The number of rotatable bonds is 2. The number of fused-ring (bicyclic) bond motifs is 8. The number of hydrogen-bond acceptors (Lipinski definition) is 0. The number of nitrogens with zero attached hydrogens (tertiary/aromatic N) is 1. The summed E-state index contributed by atoms with van der Waals surface area (Å²) in [6, 6.07) is 32.3. The molecule has 36 heavy (non-hydrogen) atoms. The van der Waals surface area contributed by atoms with Gasteiger partial charge in [-0.1, -0.05) is 0 Å². The van der Waals surface area contributed by atoms with Crippen LogP contribution in [0, 0.1) is 0 Å². The van der Waals surface area contributed by atoms with Crippen LogP contribution in [0.1, 0.15) is 22.4 Å². The van der Waals surface area contributed by atoms with Crippen molar-refractivity contribution in [1.29, 1.82) is 0 Å². The van der Waals surface area contributed by atoms with Gasteiger partial charge in [-0.25, -0.2) is 0 Å². The average molecular weight is 608 g/mol. The molecule has 0 bridgehead atoms. The van der Waals surface area contributed by atoms with Crippen molar-refractivity contribution in [3.05, 3.63) is 107 Å². The molecule has 0 unspecified atom stereocenters. The number of benzene rings is 4. The Morgan fingerprint density at radius 3 is 2.00 bits per heavy atom. The Bertz CT molecular complexity index is 1760. The van der Waals surface area contributed by atoms with Crippen molar-refractivity contribution in [3.8, 4) is 22.3 Å². The van der Waals surface area contributed by atoms with E-state index in [0.717, 1.165) is 12.8 Å². The summed E-state index contributed by atoms with van der Waals surface area (Å²) in [6.07, 6.45) is 2.10. The second kappa shape index (κ2) is 8.57. The van der Waals surface area contributed by atoms with Crippen molar-refractivity contribution >= 4 is 49.1 Å². The molecule has 0 N–H and O–H groups in total. The van der Waals surface area contributed by atoms with Crippen molar-refractivity contribution in [2.45, 2.75) is 22.1 Å². The number of aryl methyl sites for hydroxylation is 1. The van der Waals surface area contributed by atoms with Gasteiger partial charge in [-0.15, -0.1) is 24.8 Å². The van der Waals surface area contributed by atoms with Crippen molar-refractivity contribution in [3.63, 3.8) is 0 Å².